The average Bonchev–Trinajstić information content (AvgIpc) is 2.66. The smallest absolute Gasteiger partial charge is 0.343 e. The van der Waals surface area contributed by atoms with E-state index >= 15 is 0 Å². The molecule has 0 saturated carbocycles. The minimum Gasteiger partial charge on any atom is -0.462 e. The molecule has 2 rings (SSSR count). The Morgan fingerprint density at radius 1 is 1.29 bits per heavy atom. The highest BCUT2D eigenvalue weighted by Gasteiger charge is 2.21. The van der Waals surface area contributed by atoms with Gasteiger partial charge < -0.3 is 15.8 Å². The fraction of sp³-hybridized carbons (Fsp3) is 0.316. The maximum absolute atomic E-state index is 12.6. The summed E-state index contributed by atoms with van der Waals surface area (Å²) in [6.07, 6.45) is 1.81. The SMILES string of the molecule is CCOC(=O)c1cnc(SC(CC)C(=O)Nc2cccc(C(C)=O)c2)nc1N. The van der Waals surface area contributed by atoms with E-state index in [9.17, 15) is 14.4 Å². The fourth-order valence-corrected chi connectivity index (χ4v) is 3.14. The summed E-state index contributed by atoms with van der Waals surface area (Å²) < 4.78 is 4.89. The van der Waals surface area contributed by atoms with Crippen molar-refractivity contribution in [3.63, 3.8) is 0 Å². The van der Waals surface area contributed by atoms with Crippen molar-refractivity contribution in [1.29, 1.82) is 0 Å². The number of amides is 1. The number of ketones is 1. The number of anilines is 2. The number of benzene rings is 1. The lowest BCUT2D eigenvalue weighted by molar-refractivity contribution is -0.115. The zero-order valence-corrected chi connectivity index (χ0v) is 16.7. The molecule has 148 valence electrons. The lowest BCUT2D eigenvalue weighted by atomic mass is 10.1. The van der Waals surface area contributed by atoms with Crippen molar-refractivity contribution in [2.75, 3.05) is 17.7 Å². The number of hydrogen-bond acceptors (Lipinski definition) is 8. The van der Waals surface area contributed by atoms with Gasteiger partial charge in [-0.25, -0.2) is 14.8 Å². The molecule has 1 aromatic heterocycles. The van der Waals surface area contributed by atoms with Crippen molar-refractivity contribution in [2.45, 2.75) is 37.6 Å². The maximum atomic E-state index is 12.6. The van der Waals surface area contributed by atoms with Gasteiger partial charge >= 0.3 is 5.97 Å². The van der Waals surface area contributed by atoms with Crippen LogP contribution in [0.3, 0.4) is 0 Å². The monoisotopic (exact) mass is 402 g/mol. The van der Waals surface area contributed by atoms with Crippen LogP contribution in [0.4, 0.5) is 11.5 Å². The number of esters is 1. The van der Waals surface area contributed by atoms with Gasteiger partial charge in [0.1, 0.15) is 11.4 Å². The first-order chi connectivity index (χ1) is 13.3. The summed E-state index contributed by atoms with van der Waals surface area (Å²) >= 11 is 1.14. The molecule has 0 spiro atoms. The number of carbonyl (C=O) groups is 3. The molecule has 0 fully saturated rings. The van der Waals surface area contributed by atoms with E-state index in [2.05, 4.69) is 15.3 Å². The van der Waals surface area contributed by atoms with Crippen LogP contribution < -0.4 is 11.1 Å². The van der Waals surface area contributed by atoms with Crippen molar-refractivity contribution < 1.29 is 19.1 Å². The van der Waals surface area contributed by atoms with Crippen molar-refractivity contribution in [3.05, 3.63) is 41.6 Å². The van der Waals surface area contributed by atoms with E-state index in [0.29, 0.717) is 17.7 Å². The van der Waals surface area contributed by atoms with Gasteiger partial charge in [0.05, 0.1) is 11.9 Å². The van der Waals surface area contributed by atoms with Gasteiger partial charge in [0.2, 0.25) is 5.91 Å². The van der Waals surface area contributed by atoms with Gasteiger partial charge in [-0.15, -0.1) is 0 Å². The van der Waals surface area contributed by atoms with Crippen molar-refractivity contribution in [3.8, 4) is 0 Å². The number of hydrogen-bond donors (Lipinski definition) is 2. The Bertz CT molecular complexity index is 888. The number of thioether (sulfide) groups is 1. The minimum absolute atomic E-state index is 0.000343. The van der Waals surface area contributed by atoms with Gasteiger partial charge in [0.25, 0.3) is 0 Å². The number of carbonyl (C=O) groups excluding carboxylic acids is 3. The molecule has 0 radical (unpaired) electrons. The summed E-state index contributed by atoms with van der Waals surface area (Å²) in [5.74, 6) is -0.917. The van der Waals surface area contributed by atoms with Crippen molar-refractivity contribution in [2.24, 2.45) is 0 Å². The van der Waals surface area contributed by atoms with Crippen LogP contribution in [-0.2, 0) is 9.53 Å². The third-order valence-corrected chi connectivity index (χ3v) is 4.98. The van der Waals surface area contributed by atoms with E-state index in [4.69, 9.17) is 10.5 Å². The minimum atomic E-state index is -0.591. The molecule has 1 amide bonds. The largest absolute Gasteiger partial charge is 0.462 e. The molecular formula is C19H22N4O4S. The molecule has 9 heteroatoms. The predicted octanol–water partition coefficient (Wildman–Crippen LogP) is 2.95. The summed E-state index contributed by atoms with van der Waals surface area (Å²) in [6, 6.07) is 6.73. The number of ether oxygens (including phenoxy) is 1. The molecule has 28 heavy (non-hydrogen) atoms. The van der Waals surface area contributed by atoms with Gasteiger partial charge in [-0.05, 0) is 32.4 Å². The number of nitrogens with zero attached hydrogens (tertiary/aromatic N) is 2. The summed E-state index contributed by atoms with van der Waals surface area (Å²) in [5, 5.41) is 2.60. The van der Waals surface area contributed by atoms with Crippen LogP contribution in [0, 0.1) is 0 Å². The Morgan fingerprint density at radius 3 is 2.64 bits per heavy atom. The van der Waals surface area contributed by atoms with E-state index in [1.54, 1.807) is 31.2 Å². The molecule has 1 unspecified atom stereocenters. The lowest BCUT2D eigenvalue weighted by Crippen LogP contribution is -2.25. The molecular weight excluding hydrogens is 380 g/mol. The van der Waals surface area contributed by atoms with Crippen molar-refractivity contribution in [1.82, 2.24) is 9.97 Å². The zero-order valence-electron chi connectivity index (χ0n) is 15.9. The van der Waals surface area contributed by atoms with Gasteiger partial charge in [0.15, 0.2) is 10.9 Å². The average molecular weight is 402 g/mol. The van der Waals surface area contributed by atoms with Crippen LogP contribution in [-0.4, -0.2) is 39.5 Å². The number of Topliss-reactive ketones (excluding diaryl/α,β-unsaturated/α-hetero) is 1. The molecule has 2 aromatic rings. The van der Waals surface area contributed by atoms with E-state index in [-0.39, 0.29) is 34.8 Å². The Kier molecular flexibility index (Phi) is 7.51. The summed E-state index contributed by atoms with van der Waals surface area (Å²) in [6.45, 7) is 5.24. The van der Waals surface area contributed by atoms with Crippen LogP contribution in [0.1, 0.15) is 47.9 Å². The normalized spacial score (nSPS) is 11.5. The predicted molar refractivity (Wildman–Crippen MR) is 107 cm³/mol. The maximum Gasteiger partial charge on any atom is 0.343 e. The number of rotatable bonds is 8. The standard InChI is InChI=1S/C19H22N4O4S/c1-4-15(17(25)22-13-8-6-7-12(9-13)11(3)24)28-19-21-10-14(16(20)23-19)18(26)27-5-2/h6-10,15H,4-5H2,1-3H3,(H,22,25)(H2,20,21,23). The third kappa shape index (κ3) is 5.53. The quantitative estimate of drug-likeness (QED) is 0.299. The molecule has 0 bridgehead atoms. The Hall–Kier alpha value is -2.94. The molecule has 8 nitrogen and oxygen atoms in total. The second-order valence-electron chi connectivity index (χ2n) is 5.81. The van der Waals surface area contributed by atoms with Crippen molar-refractivity contribution >= 4 is 40.9 Å². The Labute approximate surface area is 167 Å². The topological polar surface area (TPSA) is 124 Å². The Balaban J connectivity index is 2.10. The van der Waals surface area contributed by atoms with Gasteiger partial charge in [-0.1, -0.05) is 30.8 Å². The van der Waals surface area contributed by atoms with Gasteiger partial charge in [-0.3, -0.25) is 9.59 Å². The molecule has 0 aliphatic rings. The first kappa shape index (κ1) is 21.4. The molecule has 0 aliphatic heterocycles. The Morgan fingerprint density at radius 2 is 2.04 bits per heavy atom. The molecule has 0 aliphatic carbocycles. The lowest BCUT2D eigenvalue weighted by Gasteiger charge is -2.14. The number of nitrogen functional groups attached to an aromatic ring is 1. The first-order valence-corrected chi connectivity index (χ1v) is 9.61. The third-order valence-electron chi connectivity index (χ3n) is 3.74. The van der Waals surface area contributed by atoms with Crippen LogP contribution >= 0.6 is 11.8 Å². The zero-order chi connectivity index (χ0) is 20.7. The highest BCUT2D eigenvalue weighted by molar-refractivity contribution is 8.00. The molecule has 1 heterocycles. The van der Waals surface area contributed by atoms with E-state index < -0.39 is 11.2 Å². The van der Waals surface area contributed by atoms with Crippen LogP contribution in [0.15, 0.2) is 35.6 Å². The van der Waals surface area contributed by atoms with E-state index in [1.165, 1.54) is 13.1 Å². The molecule has 1 aromatic carbocycles. The second kappa shape index (κ2) is 9.84. The van der Waals surface area contributed by atoms with E-state index in [1.807, 2.05) is 6.92 Å². The van der Waals surface area contributed by atoms with Gasteiger partial charge in [0, 0.05) is 17.4 Å². The fourth-order valence-electron chi connectivity index (χ4n) is 2.29. The molecule has 3 N–H and O–H groups in total. The highest BCUT2D eigenvalue weighted by Crippen LogP contribution is 2.25. The molecule has 0 saturated heterocycles. The second-order valence-corrected chi connectivity index (χ2v) is 6.98. The van der Waals surface area contributed by atoms with Gasteiger partial charge in [-0.2, -0.15) is 0 Å². The van der Waals surface area contributed by atoms with Crippen LogP contribution in [0.2, 0.25) is 0 Å². The summed E-state index contributed by atoms with van der Waals surface area (Å²) in [4.78, 5) is 44.0. The molecule has 1 atom stereocenters. The number of nitrogens with one attached hydrogen (secondary N) is 1. The van der Waals surface area contributed by atoms with E-state index in [0.717, 1.165) is 11.8 Å². The number of aromatic nitrogens is 2. The van der Waals surface area contributed by atoms with Crippen LogP contribution in [0.5, 0.6) is 0 Å². The summed E-state index contributed by atoms with van der Waals surface area (Å²) in [7, 11) is 0. The van der Waals surface area contributed by atoms with Crippen LogP contribution in [0.25, 0.3) is 0 Å². The highest BCUT2D eigenvalue weighted by atomic mass is 32.2. The number of nitrogens with two attached hydrogens (primary N) is 1. The summed E-state index contributed by atoms with van der Waals surface area (Å²) in [5.41, 5.74) is 6.96. The first-order valence-electron chi connectivity index (χ1n) is 8.73.